The number of amides is 2. The van der Waals surface area contributed by atoms with E-state index in [0.717, 1.165) is 37.9 Å². The van der Waals surface area contributed by atoms with Crippen molar-refractivity contribution in [2.24, 2.45) is 0 Å². The predicted molar refractivity (Wildman–Crippen MR) is 227 cm³/mol. The summed E-state index contributed by atoms with van der Waals surface area (Å²) in [4.78, 5) is 24.8. The van der Waals surface area contributed by atoms with Gasteiger partial charge in [-0.2, -0.15) is 11.8 Å². The Bertz CT molecular complexity index is 965. The average Bonchev–Trinajstić information content (AvgIpc) is 3.17. The van der Waals surface area contributed by atoms with Crippen LogP contribution in [-0.4, -0.2) is 43.5 Å². The van der Waals surface area contributed by atoms with E-state index in [1.165, 1.54) is 154 Å². The van der Waals surface area contributed by atoms with Crippen molar-refractivity contribution < 1.29 is 23.6 Å². The third-order valence-electron chi connectivity index (χ3n) is 10.3. The zero-order chi connectivity index (χ0) is 38.3. The molecule has 1 unspecified atom stereocenters. The van der Waals surface area contributed by atoms with Gasteiger partial charge in [0.05, 0.1) is 0 Å². The summed E-state index contributed by atoms with van der Waals surface area (Å²) in [5.41, 5.74) is 1.13. The smallest absolute Gasteiger partial charge is 0.407 e. The fourth-order valence-corrected chi connectivity index (χ4v) is 7.59. The van der Waals surface area contributed by atoms with E-state index < -0.39 is 0 Å². The molecule has 1 rings (SSSR count). The molecule has 53 heavy (non-hydrogen) atoms. The van der Waals surface area contributed by atoms with Crippen molar-refractivity contribution in [1.29, 1.82) is 0 Å². The summed E-state index contributed by atoms with van der Waals surface area (Å²) in [6.07, 6.45) is 38.1. The summed E-state index contributed by atoms with van der Waals surface area (Å²) in [7, 11) is 0. The van der Waals surface area contributed by atoms with Gasteiger partial charge in [-0.05, 0) is 19.8 Å². The van der Waals surface area contributed by atoms with Gasteiger partial charge in [-0.3, -0.25) is 0 Å². The van der Waals surface area contributed by atoms with E-state index in [2.05, 4.69) is 48.2 Å². The van der Waals surface area contributed by atoms with E-state index in [0.29, 0.717) is 31.3 Å². The number of nitrogens with one attached hydrogen (secondary N) is 2. The van der Waals surface area contributed by atoms with Gasteiger partial charge in [-0.25, -0.2) is 14.2 Å². The first-order valence-electron chi connectivity index (χ1n) is 22.5. The molecule has 0 aliphatic carbocycles. The molecule has 0 radical (unpaired) electrons. The SMILES string of the molecule is CCCCCCCCCCCCCCCCC(NC(=O)OCCSCCOC(=O)NCCCCCCCCCCCCCCC)c1cccc[n+]1CC. The Kier molecular flexibility index (Phi) is 35.5. The van der Waals surface area contributed by atoms with E-state index >= 15 is 0 Å². The number of unbranched alkanes of at least 4 members (excludes halogenated alkanes) is 25. The second-order valence-electron chi connectivity index (χ2n) is 15.0. The Morgan fingerprint density at radius 2 is 1.02 bits per heavy atom. The van der Waals surface area contributed by atoms with E-state index in [1.807, 2.05) is 12.1 Å². The van der Waals surface area contributed by atoms with Crippen LogP contribution in [0.3, 0.4) is 0 Å². The van der Waals surface area contributed by atoms with Crippen LogP contribution in [0.4, 0.5) is 9.59 Å². The molecular formula is C45H84N3O4S+. The lowest BCUT2D eigenvalue weighted by Gasteiger charge is -2.17. The van der Waals surface area contributed by atoms with Crippen LogP contribution in [0.25, 0.3) is 0 Å². The van der Waals surface area contributed by atoms with E-state index in [1.54, 1.807) is 11.8 Å². The highest BCUT2D eigenvalue weighted by Crippen LogP contribution is 2.20. The molecule has 0 spiro atoms. The Morgan fingerprint density at radius 1 is 0.585 bits per heavy atom. The number of nitrogens with zero attached hydrogens (tertiary/aromatic N) is 1. The minimum Gasteiger partial charge on any atom is -0.449 e. The number of pyridine rings is 1. The van der Waals surface area contributed by atoms with Gasteiger partial charge in [-0.1, -0.05) is 187 Å². The molecule has 0 aliphatic rings. The van der Waals surface area contributed by atoms with Crippen LogP contribution >= 0.6 is 11.8 Å². The van der Waals surface area contributed by atoms with Gasteiger partial charge in [-0.15, -0.1) is 0 Å². The number of hydrogen-bond acceptors (Lipinski definition) is 5. The van der Waals surface area contributed by atoms with Crippen LogP contribution in [-0.2, 0) is 16.0 Å². The van der Waals surface area contributed by atoms with E-state index in [4.69, 9.17) is 9.47 Å². The second kappa shape index (κ2) is 38.3. The van der Waals surface area contributed by atoms with Gasteiger partial charge in [0.25, 0.3) is 0 Å². The molecule has 8 heteroatoms. The van der Waals surface area contributed by atoms with Gasteiger partial charge < -0.3 is 20.1 Å². The minimum atomic E-state index is -0.365. The Labute approximate surface area is 331 Å². The molecule has 1 aromatic heterocycles. The number of aromatic nitrogens is 1. The third kappa shape index (κ3) is 31.0. The van der Waals surface area contributed by atoms with Crippen LogP contribution in [0, 0.1) is 0 Å². The Balaban J connectivity index is 2.09. The van der Waals surface area contributed by atoms with Crippen molar-refractivity contribution in [2.45, 2.75) is 213 Å². The van der Waals surface area contributed by atoms with E-state index in [9.17, 15) is 9.59 Å². The second-order valence-corrected chi connectivity index (χ2v) is 16.3. The van der Waals surface area contributed by atoms with Crippen LogP contribution < -0.4 is 15.2 Å². The molecule has 0 fully saturated rings. The molecular weight excluding hydrogens is 679 g/mol. The quantitative estimate of drug-likeness (QED) is 0.0518. The summed E-state index contributed by atoms with van der Waals surface area (Å²) < 4.78 is 13.1. The van der Waals surface area contributed by atoms with Crippen molar-refractivity contribution in [1.82, 2.24) is 10.6 Å². The van der Waals surface area contributed by atoms with Gasteiger partial charge in [0.2, 0.25) is 5.69 Å². The minimum absolute atomic E-state index is 0.0692. The standard InChI is InChI=1S/C45H83N3O4S/c1-4-7-9-11-13-15-17-19-20-22-24-26-28-30-34-42(43-35-31-33-37-48(43)6-3)47-45(50)52-39-41-53-40-38-51-44(49)46-36-32-29-27-25-23-21-18-16-14-12-10-8-5-2/h31,33,35,37,42H,4-30,32,34,36,38-41H2,1-3H3,(H-,46,47,49,50)/p+1. The zero-order valence-corrected chi connectivity index (χ0v) is 35.7. The topological polar surface area (TPSA) is 80.5 Å². The highest BCUT2D eigenvalue weighted by Gasteiger charge is 2.23. The molecule has 2 amide bonds. The van der Waals surface area contributed by atoms with Crippen molar-refractivity contribution >= 4 is 23.9 Å². The van der Waals surface area contributed by atoms with E-state index in [-0.39, 0.29) is 18.2 Å². The Morgan fingerprint density at radius 3 is 1.49 bits per heavy atom. The molecule has 1 atom stereocenters. The lowest BCUT2D eigenvalue weighted by Crippen LogP contribution is -2.42. The first-order chi connectivity index (χ1) is 26.1. The molecule has 0 aliphatic heterocycles. The number of carbonyl (C=O) groups excluding carboxylic acids is 2. The van der Waals surface area contributed by atoms with Crippen molar-refractivity contribution in [3.05, 3.63) is 30.1 Å². The summed E-state index contributed by atoms with van der Waals surface area (Å²) in [5, 5.41) is 6.03. The molecule has 2 N–H and O–H groups in total. The first-order valence-corrected chi connectivity index (χ1v) is 23.7. The molecule has 7 nitrogen and oxygen atoms in total. The van der Waals surface area contributed by atoms with Crippen molar-refractivity contribution in [3.8, 4) is 0 Å². The van der Waals surface area contributed by atoms with Crippen LogP contribution in [0.1, 0.15) is 212 Å². The first kappa shape index (κ1) is 49.1. The maximum atomic E-state index is 12.8. The fourth-order valence-electron chi connectivity index (χ4n) is 6.99. The summed E-state index contributed by atoms with van der Waals surface area (Å²) >= 11 is 1.62. The number of carbonyl (C=O) groups is 2. The lowest BCUT2D eigenvalue weighted by molar-refractivity contribution is -0.702. The molecule has 1 aromatic rings. The summed E-state index contributed by atoms with van der Waals surface area (Å²) in [5.74, 6) is 1.35. The number of thioether (sulfide) groups is 1. The third-order valence-corrected chi connectivity index (χ3v) is 11.2. The number of hydrogen-bond donors (Lipinski definition) is 2. The van der Waals surface area contributed by atoms with Crippen LogP contribution in [0.2, 0.25) is 0 Å². The van der Waals surface area contributed by atoms with Gasteiger partial charge in [0.1, 0.15) is 25.8 Å². The predicted octanol–water partition coefficient (Wildman–Crippen LogP) is 13.2. The number of alkyl carbamates (subject to hydrolysis) is 2. The normalized spacial score (nSPS) is 11.8. The molecule has 0 saturated heterocycles. The van der Waals surface area contributed by atoms with Crippen LogP contribution in [0.5, 0.6) is 0 Å². The molecule has 0 aromatic carbocycles. The lowest BCUT2D eigenvalue weighted by atomic mass is 10.0. The van der Waals surface area contributed by atoms with Crippen molar-refractivity contribution in [3.63, 3.8) is 0 Å². The Hall–Kier alpha value is -1.96. The maximum Gasteiger partial charge on any atom is 0.407 e. The fraction of sp³-hybridized carbons (Fsp3) is 0.844. The zero-order valence-electron chi connectivity index (χ0n) is 34.9. The highest BCUT2D eigenvalue weighted by atomic mass is 32.2. The molecule has 0 bridgehead atoms. The van der Waals surface area contributed by atoms with Crippen molar-refractivity contribution in [2.75, 3.05) is 31.3 Å². The summed E-state index contributed by atoms with van der Waals surface area (Å²) in [6.45, 7) is 8.91. The van der Waals surface area contributed by atoms with Gasteiger partial charge in [0, 0.05) is 30.2 Å². The summed E-state index contributed by atoms with van der Waals surface area (Å²) in [6, 6.07) is 6.13. The highest BCUT2D eigenvalue weighted by molar-refractivity contribution is 7.99. The van der Waals surface area contributed by atoms with Gasteiger partial charge in [0.15, 0.2) is 6.20 Å². The number of ether oxygens (including phenoxy) is 2. The van der Waals surface area contributed by atoms with Gasteiger partial charge >= 0.3 is 12.2 Å². The number of aryl methyl sites for hydroxylation is 1. The molecule has 0 saturated carbocycles. The largest absolute Gasteiger partial charge is 0.449 e. The molecule has 308 valence electrons. The number of rotatable bonds is 38. The maximum absolute atomic E-state index is 12.8. The van der Waals surface area contributed by atoms with Crippen LogP contribution in [0.15, 0.2) is 24.4 Å². The molecule has 1 heterocycles. The average molecular weight is 763 g/mol. The monoisotopic (exact) mass is 763 g/mol.